The van der Waals surface area contributed by atoms with Gasteiger partial charge in [-0.05, 0) is 43.5 Å². The van der Waals surface area contributed by atoms with E-state index in [0.29, 0.717) is 42.4 Å². The maximum absolute atomic E-state index is 12.0. The fraction of sp³-hybridized carbons (Fsp3) is 0.412. The molecule has 1 aliphatic carbocycles. The van der Waals surface area contributed by atoms with Crippen molar-refractivity contribution in [3.63, 3.8) is 0 Å². The van der Waals surface area contributed by atoms with Crippen molar-refractivity contribution in [2.45, 2.75) is 38.1 Å². The third kappa shape index (κ3) is 4.57. The number of hydrogen-bond acceptors (Lipinski definition) is 5. The van der Waals surface area contributed by atoms with Crippen molar-refractivity contribution >= 4 is 23.5 Å². The van der Waals surface area contributed by atoms with Gasteiger partial charge in [-0.3, -0.25) is 9.59 Å². The van der Waals surface area contributed by atoms with Gasteiger partial charge < -0.3 is 14.9 Å². The summed E-state index contributed by atoms with van der Waals surface area (Å²) in [6, 6.07) is 7.00. The number of amides is 1. The van der Waals surface area contributed by atoms with Gasteiger partial charge in [0.05, 0.1) is 5.92 Å². The molecule has 1 saturated carbocycles. The van der Waals surface area contributed by atoms with Crippen molar-refractivity contribution in [1.82, 2.24) is 15.5 Å². The number of aliphatic carboxylic acids is 1. The molecule has 0 unspecified atom stereocenters. The van der Waals surface area contributed by atoms with E-state index in [1.54, 1.807) is 24.3 Å². The lowest BCUT2D eigenvalue weighted by Gasteiger charge is -2.11. The van der Waals surface area contributed by atoms with Crippen LogP contribution in [-0.4, -0.2) is 33.2 Å². The van der Waals surface area contributed by atoms with Crippen LogP contribution in [0.1, 0.15) is 31.6 Å². The third-order valence-corrected chi connectivity index (χ3v) is 4.54. The highest BCUT2D eigenvalue weighted by Crippen LogP contribution is 2.25. The zero-order valence-electron chi connectivity index (χ0n) is 13.4. The molecular weight excluding hydrogens is 346 g/mol. The summed E-state index contributed by atoms with van der Waals surface area (Å²) >= 11 is 5.84. The molecule has 8 heteroatoms. The van der Waals surface area contributed by atoms with Crippen LogP contribution < -0.4 is 5.32 Å². The highest BCUT2D eigenvalue weighted by molar-refractivity contribution is 6.30. The largest absolute Gasteiger partial charge is 0.481 e. The SMILES string of the molecule is O=C(CCc1nc(-c2ccc(Cl)cc2)no1)N[C@@H]1CC[C@H](C(=O)O)C1. The Labute approximate surface area is 149 Å². The number of rotatable bonds is 6. The van der Waals surface area contributed by atoms with E-state index in [1.165, 1.54) is 0 Å². The standard InChI is InChI=1S/C17H18ClN3O4/c18-12-4-1-10(2-5-12)16-20-15(25-21-16)8-7-14(22)19-13-6-3-11(9-13)17(23)24/h1-2,4-5,11,13H,3,6-9H2,(H,19,22)(H,23,24)/t11-,13+/m0/s1. The van der Waals surface area contributed by atoms with Crippen LogP contribution in [0.5, 0.6) is 0 Å². The number of carboxylic acid groups (broad SMARTS) is 1. The number of hydrogen-bond donors (Lipinski definition) is 2. The number of carbonyl (C=O) groups excluding carboxylic acids is 1. The van der Waals surface area contributed by atoms with Gasteiger partial charge in [-0.25, -0.2) is 0 Å². The average Bonchev–Trinajstić information content (AvgIpc) is 3.23. The van der Waals surface area contributed by atoms with Gasteiger partial charge in [0.1, 0.15) is 0 Å². The van der Waals surface area contributed by atoms with Crippen molar-refractivity contribution in [2.75, 3.05) is 0 Å². The van der Waals surface area contributed by atoms with Gasteiger partial charge >= 0.3 is 5.97 Å². The summed E-state index contributed by atoms with van der Waals surface area (Å²) < 4.78 is 5.17. The minimum absolute atomic E-state index is 0.0686. The lowest BCUT2D eigenvalue weighted by molar-refractivity contribution is -0.141. The van der Waals surface area contributed by atoms with E-state index < -0.39 is 5.97 Å². The molecule has 25 heavy (non-hydrogen) atoms. The van der Waals surface area contributed by atoms with E-state index >= 15 is 0 Å². The molecule has 0 radical (unpaired) electrons. The van der Waals surface area contributed by atoms with Crippen LogP contribution in [0.2, 0.25) is 5.02 Å². The molecule has 7 nitrogen and oxygen atoms in total. The first-order chi connectivity index (χ1) is 12.0. The van der Waals surface area contributed by atoms with Crippen molar-refractivity contribution in [1.29, 1.82) is 0 Å². The molecule has 132 valence electrons. The Kier molecular flexibility index (Phi) is 5.33. The molecule has 0 saturated heterocycles. The van der Waals surface area contributed by atoms with Gasteiger partial charge in [0.25, 0.3) is 0 Å². The van der Waals surface area contributed by atoms with Gasteiger partial charge in [-0.15, -0.1) is 0 Å². The number of carbonyl (C=O) groups is 2. The van der Waals surface area contributed by atoms with Crippen LogP contribution in [0.3, 0.4) is 0 Å². The van der Waals surface area contributed by atoms with Crippen LogP contribution >= 0.6 is 11.6 Å². The lowest BCUT2D eigenvalue weighted by atomic mass is 10.1. The molecule has 0 aliphatic heterocycles. The van der Waals surface area contributed by atoms with E-state index in [0.717, 1.165) is 5.56 Å². The van der Waals surface area contributed by atoms with Gasteiger partial charge in [-0.1, -0.05) is 16.8 Å². The molecule has 0 spiro atoms. The van der Waals surface area contributed by atoms with Crippen LogP contribution in [0.4, 0.5) is 0 Å². The van der Waals surface area contributed by atoms with Crippen LogP contribution in [-0.2, 0) is 16.0 Å². The predicted molar refractivity (Wildman–Crippen MR) is 90.0 cm³/mol. The summed E-state index contributed by atoms with van der Waals surface area (Å²) in [5, 5.41) is 16.4. The number of halogens is 1. The van der Waals surface area contributed by atoms with Gasteiger partial charge in [0.15, 0.2) is 0 Å². The fourth-order valence-corrected chi connectivity index (χ4v) is 3.06. The van der Waals surface area contributed by atoms with Crippen molar-refractivity contribution in [3.8, 4) is 11.4 Å². The maximum atomic E-state index is 12.0. The summed E-state index contributed by atoms with van der Waals surface area (Å²) in [7, 11) is 0. The summed E-state index contributed by atoms with van der Waals surface area (Å²) in [4.78, 5) is 27.2. The van der Waals surface area contributed by atoms with Crippen molar-refractivity contribution < 1.29 is 19.2 Å². The molecule has 1 aromatic carbocycles. The first-order valence-electron chi connectivity index (χ1n) is 8.12. The number of nitrogens with one attached hydrogen (secondary N) is 1. The molecule has 2 N–H and O–H groups in total. The van der Waals surface area contributed by atoms with E-state index in [1.807, 2.05) is 0 Å². The Morgan fingerprint density at radius 1 is 1.28 bits per heavy atom. The fourth-order valence-electron chi connectivity index (χ4n) is 2.93. The maximum Gasteiger partial charge on any atom is 0.306 e. The number of benzene rings is 1. The quantitative estimate of drug-likeness (QED) is 0.817. The Morgan fingerprint density at radius 3 is 2.72 bits per heavy atom. The zero-order valence-corrected chi connectivity index (χ0v) is 14.2. The molecule has 1 heterocycles. The van der Waals surface area contributed by atoms with Crippen molar-refractivity contribution in [3.05, 3.63) is 35.2 Å². The van der Waals surface area contributed by atoms with E-state index in [-0.39, 0.29) is 24.3 Å². The molecule has 1 amide bonds. The van der Waals surface area contributed by atoms with Crippen LogP contribution in [0.15, 0.2) is 28.8 Å². The van der Waals surface area contributed by atoms with Crippen LogP contribution in [0.25, 0.3) is 11.4 Å². The molecule has 1 aromatic heterocycles. The van der Waals surface area contributed by atoms with E-state index in [2.05, 4.69) is 15.5 Å². The molecule has 0 bridgehead atoms. The van der Waals surface area contributed by atoms with Crippen LogP contribution in [0, 0.1) is 5.92 Å². The normalized spacial score (nSPS) is 19.7. The Morgan fingerprint density at radius 2 is 2.04 bits per heavy atom. The second-order valence-corrected chi connectivity index (χ2v) is 6.57. The monoisotopic (exact) mass is 363 g/mol. The topological polar surface area (TPSA) is 105 Å². The predicted octanol–water partition coefficient (Wildman–Crippen LogP) is 2.69. The molecule has 2 aromatic rings. The van der Waals surface area contributed by atoms with Gasteiger partial charge in [0, 0.05) is 29.5 Å². The summed E-state index contributed by atoms with van der Waals surface area (Å²) in [6.07, 6.45) is 2.35. The zero-order chi connectivity index (χ0) is 17.8. The third-order valence-electron chi connectivity index (χ3n) is 4.28. The first kappa shape index (κ1) is 17.4. The molecule has 1 fully saturated rings. The molecule has 3 rings (SSSR count). The van der Waals surface area contributed by atoms with Gasteiger partial charge in [-0.2, -0.15) is 4.98 Å². The Hall–Kier alpha value is -2.41. The lowest BCUT2D eigenvalue weighted by Crippen LogP contribution is -2.33. The number of aryl methyl sites for hydroxylation is 1. The molecule has 1 aliphatic rings. The highest BCUT2D eigenvalue weighted by Gasteiger charge is 2.30. The minimum atomic E-state index is -0.794. The summed E-state index contributed by atoms with van der Waals surface area (Å²) in [6.45, 7) is 0. The number of carboxylic acids is 1. The smallest absolute Gasteiger partial charge is 0.306 e. The van der Waals surface area contributed by atoms with Gasteiger partial charge in [0.2, 0.25) is 17.6 Å². The molecular formula is C17H18ClN3O4. The number of nitrogens with zero attached hydrogens (tertiary/aromatic N) is 2. The first-order valence-corrected chi connectivity index (χ1v) is 8.50. The average molecular weight is 364 g/mol. The molecule has 2 atom stereocenters. The number of aromatic nitrogens is 2. The van der Waals surface area contributed by atoms with E-state index in [9.17, 15) is 9.59 Å². The second-order valence-electron chi connectivity index (χ2n) is 6.13. The Balaban J connectivity index is 1.48. The Bertz CT molecular complexity index is 760. The summed E-state index contributed by atoms with van der Waals surface area (Å²) in [5.74, 6) is -0.454. The minimum Gasteiger partial charge on any atom is -0.481 e. The van der Waals surface area contributed by atoms with E-state index in [4.69, 9.17) is 21.2 Å². The second kappa shape index (κ2) is 7.65. The van der Waals surface area contributed by atoms with Crippen molar-refractivity contribution in [2.24, 2.45) is 5.92 Å². The highest BCUT2D eigenvalue weighted by atomic mass is 35.5. The summed E-state index contributed by atoms with van der Waals surface area (Å²) in [5.41, 5.74) is 0.787.